The first-order chi connectivity index (χ1) is 6.15. The maximum absolute atomic E-state index is 9.41. The van der Waals surface area contributed by atoms with Crippen molar-refractivity contribution < 1.29 is 5.11 Å². The van der Waals surface area contributed by atoms with Gasteiger partial charge in [-0.2, -0.15) is 0 Å². The minimum Gasteiger partial charge on any atom is -0.389 e. The van der Waals surface area contributed by atoms with E-state index in [0.29, 0.717) is 5.02 Å². The summed E-state index contributed by atoms with van der Waals surface area (Å²) in [5, 5.41) is 10.0. The Kier molecular flexibility index (Phi) is 3.46. The molecule has 0 radical (unpaired) electrons. The molecule has 1 aromatic rings. The van der Waals surface area contributed by atoms with Crippen LogP contribution < -0.4 is 0 Å². The van der Waals surface area contributed by atoms with Crippen molar-refractivity contribution in [1.29, 1.82) is 0 Å². The van der Waals surface area contributed by atoms with Gasteiger partial charge in [0.2, 0.25) is 0 Å². The highest BCUT2D eigenvalue weighted by molar-refractivity contribution is 6.30. The fourth-order valence-corrected chi connectivity index (χ4v) is 1.29. The van der Waals surface area contributed by atoms with E-state index < -0.39 is 6.10 Å². The molecular formula is C10H12ClNO. The molecule has 0 amide bonds. The Morgan fingerprint density at radius 2 is 2.23 bits per heavy atom. The van der Waals surface area contributed by atoms with Crippen LogP contribution in [0, 0.1) is 0 Å². The molecule has 0 heterocycles. The maximum Gasteiger partial charge on any atom is 0.0782 e. The van der Waals surface area contributed by atoms with Crippen molar-refractivity contribution in [3.8, 4) is 0 Å². The summed E-state index contributed by atoms with van der Waals surface area (Å²) in [5.41, 5.74) is 1.52. The van der Waals surface area contributed by atoms with E-state index in [2.05, 4.69) is 4.99 Å². The van der Waals surface area contributed by atoms with E-state index in [9.17, 15) is 5.11 Å². The van der Waals surface area contributed by atoms with Gasteiger partial charge in [0.1, 0.15) is 0 Å². The normalized spacial score (nSPS) is 13.5. The molecule has 1 aromatic carbocycles. The Bertz CT molecular complexity index is 321. The summed E-state index contributed by atoms with van der Waals surface area (Å²) in [7, 11) is 0. The van der Waals surface area contributed by atoms with E-state index in [0.717, 1.165) is 11.3 Å². The molecule has 0 aliphatic carbocycles. The number of hydrogen-bond donors (Lipinski definition) is 1. The minimum atomic E-state index is -0.518. The van der Waals surface area contributed by atoms with Crippen molar-refractivity contribution in [3.63, 3.8) is 0 Å². The second kappa shape index (κ2) is 4.40. The molecule has 70 valence electrons. The number of halogens is 1. The van der Waals surface area contributed by atoms with Crippen molar-refractivity contribution in [2.24, 2.45) is 4.99 Å². The SMILES string of the molecule is CC=Nc1cc(Cl)ccc1C(C)O. The van der Waals surface area contributed by atoms with Gasteiger partial charge in [0.25, 0.3) is 0 Å². The summed E-state index contributed by atoms with van der Waals surface area (Å²) in [6.07, 6.45) is 1.16. The topological polar surface area (TPSA) is 32.6 Å². The number of aliphatic imine (C=N–C) groups is 1. The monoisotopic (exact) mass is 197 g/mol. The Morgan fingerprint density at radius 3 is 2.77 bits per heavy atom. The van der Waals surface area contributed by atoms with Crippen LogP contribution in [-0.2, 0) is 0 Å². The molecule has 0 spiro atoms. The van der Waals surface area contributed by atoms with Crippen LogP contribution in [0.4, 0.5) is 5.69 Å². The highest BCUT2D eigenvalue weighted by Crippen LogP contribution is 2.28. The summed E-state index contributed by atoms with van der Waals surface area (Å²) in [6, 6.07) is 5.28. The van der Waals surface area contributed by atoms with Gasteiger partial charge in [-0.1, -0.05) is 17.7 Å². The number of benzene rings is 1. The van der Waals surface area contributed by atoms with Gasteiger partial charge in [0, 0.05) is 16.8 Å². The molecule has 0 saturated carbocycles. The van der Waals surface area contributed by atoms with E-state index in [1.807, 2.05) is 6.92 Å². The van der Waals surface area contributed by atoms with Crippen molar-refractivity contribution in [3.05, 3.63) is 28.8 Å². The molecule has 0 saturated heterocycles. The molecular weight excluding hydrogens is 186 g/mol. The fourth-order valence-electron chi connectivity index (χ4n) is 1.12. The Hall–Kier alpha value is -0.860. The zero-order valence-electron chi connectivity index (χ0n) is 7.66. The first-order valence-electron chi connectivity index (χ1n) is 4.11. The summed E-state index contributed by atoms with van der Waals surface area (Å²) >= 11 is 5.80. The first-order valence-corrected chi connectivity index (χ1v) is 4.49. The fraction of sp³-hybridized carbons (Fsp3) is 0.300. The van der Waals surface area contributed by atoms with E-state index in [-0.39, 0.29) is 0 Å². The third kappa shape index (κ3) is 2.54. The molecule has 0 aliphatic heterocycles. The van der Waals surface area contributed by atoms with Gasteiger partial charge in [0.15, 0.2) is 0 Å². The molecule has 1 N–H and O–H groups in total. The number of aliphatic hydroxyl groups excluding tert-OH is 1. The van der Waals surface area contributed by atoms with E-state index in [1.165, 1.54) is 0 Å². The van der Waals surface area contributed by atoms with E-state index >= 15 is 0 Å². The average Bonchev–Trinajstić information content (AvgIpc) is 2.04. The van der Waals surface area contributed by atoms with Crippen LogP contribution in [0.5, 0.6) is 0 Å². The van der Waals surface area contributed by atoms with Crippen LogP contribution in [-0.4, -0.2) is 11.3 Å². The molecule has 13 heavy (non-hydrogen) atoms. The molecule has 1 rings (SSSR count). The van der Waals surface area contributed by atoms with Crippen molar-refractivity contribution in [1.82, 2.24) is 0 Å². The Labute approximate surface area is 82.9 Å². The van der Waals surface area contributed by atoms with Crippen LogP contribution in [0.3, 0.4) is 0 Å². The molecule has 3 heteroatoms. The van der Waals surface area contributed by atoms with Crippen LogP contribution in [0.15, 0.2) is 23.2 Å². The number of nitrogens with zero attached hydrogens (tertiary/aromatic N) is 1. The summed E-state index contributed by atoms with van der Waals surface area (Å²) < 4.78 is 0. The minimum absolute atomic E-state index is 0.518. The van der Waals surface area contributed by atoms with Crippen molar-refractivity contribution >= 4 is 23.5 Å². The highest BCUT2D eigenvalue weighted by Gasteiger charge is 2.06. The van der Waals surface area contributed by atoms with Crippen LogP contribution in [0.25, 0.3) is 0 Å². The quantitative estimate of drug-likeness (QED) is 0.726. The summed E-state index contributed by atoms with van der Waals surface area (Å²) in [4.78, 5) is 4.12. The second-order valence-corrected chi connectivity index (χ2v) is 3.20. The average molecular weight is 198 g/mol. The lowest BCUT2D eigenvalue weighted by Crippen LogP contribution is -1.91. The van der Waals surface area contributed by atoms with E-state index in [1.54, 1.807) is 31.3 Å². The van der Waals surface area contributed by atoms with Crippen LogP contribution in [0.2, 0.25) is 5.02 Å². The van der Waals surface area contributed by atoms with Crippen molar-refractivity contribution in [2.75, 3.05) is 0 Å². The summed E-state index contributed by atoms with van der Waals surface area (Å²) in [5.74, 6) is 0. The van der Waals surface area contributed by atoms with Crippen molar-refractivity contribution in [2.45, 2.75) is 20.0 Å². The molecule has 1 atom stereocenters. The smallest absolute Gasteiger partial charge is 0.0782 e. The van der Waals surface area contributed by atoms with Gasteiger partial charge in [-0.15, -0.1) is 0 Å². The number of aliphatic hydroxyl groups is 1. The van der Waals surface area contributed by atoms with Gasteiger partial charge < -0.3 is 5.11 Å². The van der Waals surface area contributed by atoms with Gasteiger partial charge in [-0.05, 0) is 26.0 Å². The lowest BCUT2D eigenvalue weighted by Gasteiger charge is -2.08. The third-order valence-corrected chi connectivity index (χ3v) is 1.95. The zero-order valence-corrected chi connectivity index (χ0v) is 8.42. The van der Waals surface area contributed by atoms with Crippen LogP contribution in [0.1, 0.15) is 25.5 Å². The predicted molar refractivity (Wildman–Crippen MR) is 55.9 cm³/mol. The van der Waals surface area contributed by atoms with Gasteiger partial charge in [0.05, 0.1) is 11.8 Å². The first kappa shape index (κ1) is 10.2. The molecule has 2 nitrogen and oxygen atoms in total. The largest absolute Gasteiger partial charge is 0.389 e. The van der Waals surface area contributed by atoms with Gasteiger partial charge in [-0.25, -0.2) is 0 Å². The molecule has 0 fully saturated rings. The standard InChI is InChI=1S/C10H12ClNO/c1-3-12-10-6-8(11)4-5-9(10)7(2)13/h3-7,13H,1-2H3. The Morgan fingerprint density at radius 1 is 1.54 bits per heavy atom. The molecule has 0 bridgehead atoms. The third-order valence-electron chi connectivity index (χ3n) is 1.71. The lowest BCUT2D eigenvalue weighted by atomic mass is 10.1. The molecule has 1 unspecified atom stereocenters. The maximum atomic E-state index is 9.41. The lowest BCUT2D eigenvalue weighted by molar-refractivity contribution is 0.200. The number of hydrogen-bond acceptors (Lipinski definition) is 2. The number of rotatable bonds is 2. The molecule has 0 aliphatic rings. The van der Waals surface area contributed by atoms with Crippen LogP contribution >= 0.6 is 11.6 Å². The van der Waals surface area contributed by atoms with Gasteiger partial charge in [-0.3, -0.25) is 4.99 Å². The highest BCUT2D eigenvalue weighted by atomic mass is 35.5. The predicted octanol–water partition coefficient (Wildman–Crippen LogP) is 3.12. The van der Waals surface area contributed by atoms with Gasteiger partial charge >= 0.3 is 0 Å². The van der Waals surface area contributed by atoms with E-state index in [4.69, 9.17) is 11.6 Å². The zero-order chi connectivity index (χ0) is 9.84. The summed E-state index contributed by atoms with van der Waals surface area (Å²) in [6.45, 7) is 3.53. The molecule has 0 aromatic heterocycles. The Balaban J connectivity index is 3.18. The second-order valence-electron chi connectivity index (χ2n) is 2.77.